The maximum Gasteiger partial charge on any atom is 0.130 e. The van der Waals surface area contributed by atoms with Crippen LogP contribution in [0.3, 0.4) is 0 Å². The number of azide groups is 1. The van der Waals surface area contributed by atoms with Gasteiger partial charge in [0.2, 0.25) is 0 Å². The molecule has 1 aromatic heterocycles. The third-order valence-electron chi connectivity index (χ3n) is 1.22. The van der Waals surface area contributed by atoms with Crippen molar-refractivity contribution in [3.05, 3.63) is 28.5 Å². The molecule has 0 spiro atoms. The van der Waals surface area contributed by atoms with Crippen molar-refractivity contribution in [2.75, 3.05) is 0 Å². The molecule has 0 fully saturated rings. The average Bonchev–Trinajstić information content (AvgIpc) is 2.06. The first-order valence-corrected chi connectivity index (χ1v) is 3.23. The Morgan fingerprint density at radius 2 is 2.45 bits per heavy atom. The summed E-state index contributed by atoms with van der Waals surface area (Å²) in [5, 5.41) is 3.34. The Morgan fingerprint density at radius 3 is 3.09 bits per heavy atom. The SMILES string of the molecule is CCc1cc(N=[N+]=[N-])ncn1. The summed E-state index contributed by atoms with van der Waals surface area (Å²) in [4.78, 5) is 10.3. The second kappa shape index (κ2) is 3.53. The summed E-state index contributed by atoms with van der Waals surface area (Å²) in [6.07, 6.45) is 2.21. The molecule has 56 valence electrons. The van der Waals surface area contributed by atoms with E-state index in [4.69, 9.17) is 5.53 Å². The van der Waals surface area contributed by atoms with Crippen molar-refractivity contribution in [2.24, 2.45) is 5.11 Å². The van der Waals surface area contributed by atoms with Gasteiger partial charge < -0.3 is 0 Å². The number of rotatable bonds is 2. The van der Waals surface area contributed by atoms with Crippen molar-refractivity contribution >= 4 is 5.82 Å². The van der Waals surface area contributed by atoms with E-state index < -0.39 is 0 Å². The maximum atomic E-state index is 8.08. The summed E-state index contributed by atoms with van der Waals surface area (Å²) >= 11 is 0. The van der Waals surface area contributed by atoms with Crippen LogP contribution < -0.4 is 0 Å². The van der Waals surface area contributed by atoms with Gasteiger partial charge in [-0.15, -0.1) is 0 Å². The molecule has 0 aliphatic carbocycles. The molecule has 0 aromatic carbocycles. The Morgan fingerprint density at radius 1 is 1.64 bits per heavy atom. The molecule has 0 unspecified atom stereocenters. The smallest absolute Gasteiger partial charge is 0.130 e. The summed E-state index contributed by atoms with van der Waals surface area (Å²) in [5.74, 6) is 0.374. The lowest BCUT2D eigenvalue weighted by atomic mass is 10.3. The van der Waals surface area contributed by atoms with Gasteiger partial charge in [0.1, 0.15) is 12.1 Å². The third kappa shape index (κ3) is 1.91. The van der Waals surface area contributed by atoms with E-state index in [0.717, 1.165) is 12.1 Å². The topological polar surface area (TPSA) is 74.5 Å². The summed E-state index contributed by atoms with van der Waals surface area (Å²) in [7, 11) is 0. The maximum absolute atomic E-state index is 8.08. The number of aromatic nitrogens is 2. The lowest BCUT2D eigenvalue weighted by Gasteiger charge is -1.93. The average molecular weight is 149 g/mol. The first-order chi connectivity index (χ1) is 5.36. The highest BCUT2D eigenvalue weighted by atomic mass is 15.2. The van der Waals surface area contributed by atoms with Crippen LogP contribution in [0, 0.1) is 0 Å². The van der Waals surface area contributed by atoms with E-state index in [0.29, 0.717) is 5.82 Å². The van der Waals surface area contributed by atoms with Crippen LogP contribution in [0.5, 0.6) is 0 Å². The molecule has 0 aliphatic heterocycles. The van der Waals surface area contributed by atoms with Gasteiger partial charge in [-0.25, -0.2) is 9.97 Å². The van der Waals surface area contributed by atoms with Gasteiger partial charge in [-0.2, -0.15) is 0 Å². The van der Waals surface area contributed by atoms with Gasteiger partial charge in [-0.1, -0.05) is 6.92 Å². The molecule has 0 atom stereocenters. The van der Waals surface area contributed by atoms with Crippen molar-refractivity contribution in [1.82, 2.24) is 9.97 Å². The van der Waals surface area contributed by atoms with E-state index in [9.17, 15) is 0 Å². The fourth-order valence-electron chi connectivity index (χ4n) is 0.680. The largest absolute Gasteiger partial charge is 0.241 e. The van der Waals surface area contributed by atoms with Gasteiger partial charge in [-0.05, 0) is 23.1 Å². The van der Waals surface area contributed by atoms with Crippen LogP contribution in [-0.2, 0) is 6.42 Å². The first kappa shape index (κ1) is 7.50. The van der Waals surface area contributed by atoms with Crippen molar-refractivity contribution < 1.29 is 0 Å². The molecule has 0 saturated carbocycles. The molecule has 1 rings (SSSR count). The quantitative estimate of drug-likeness (QED) is 0.366. The Bertz CT molecular complexity index is 289. The zero-order valence-corrected chi connectivity index (χ0v) is 6.10. The third-order valence-corrected chi connectivity index (χ3v) is 1.22. The van der Waals surface area contributed by atoms with E-state index in [-0.39, 0.29) is 0 Å². The highest BCUT2D eigenvalue weighted by molar-refractivity contribution is 5.26. The molecule has 1 aromatic rings. The highest BCUT2D eigenvalue weighted by Gasteiger charge is 1.92. The summed E-state index contributed by atoms with van der Waals surface area (Å²) < 4.78 is 0. The van der Waals surface area contributed by atoms with Gasteiger partial charge in [0.25, 0.3) is 0 Å². The fourth-order valence-corrected chi connectivity index (χ4v) is 0.680. The lowest BCUT2D eigenvalue weighted by Crippen LogP contribution is -1.86. The molecule has 0 radical (unpaired) electrons. The van der Waals surface area contributed by atoms with Crippen molar-refractivity contribution in [3.63, 3.8) is 0 Å². The van der Waals surface area contributed by atoms with E-state index in [1.54, 1.807) is 6.07 Å². The lowest BCUT2D eigenvalue weighted by molar-refractivity contribution is 0.994. The Kier molecular flexibility index (Phi) is 2.41. The Balaban J connectivity index is 3.00. The van der Waals surface area contributed by atoms with Gasteiger partial charge in [0.15, 0.2) is 0 Å². The molecule has 0 aliphatic rings. The fraction of sp³-hybridized carbons (Fsp3) is 0.333. The molecule has 0 amide bonds. The monoisotopic (exact) mass is 149 g/mol. The van der Waals surface area contributed by atoms with Crippen LogP contribution in [0.4, 0.5) is 5.82 Å². The highest BCUT2D eigenvalue weighted by Crippen LogP contribution is 2.07. The Hall–Kier alpha value is -1.61. The van der Waals surface area contributed by atoms with Crippen LogP contribution in [0.2, 0.25) is 0 Å². The standard InChI is InChI=1S/C6H7N5/c1-2-5-3-6(10-11-7)9-4-8-5/h3-4H,2H2,1H3. The van der Waals surface area contributed by atoms with E-state index >= 15 is 0 Å². The van der Waals surface area contributed by atoms with Crippen molar-refractivity contribution in [3.8, 4) is 0 Å². The number of hydrogen-bond acceptors (Lipinski definition) is 3. The van der Waals surface area contributed by atoms with Crippen LogP contribution >= 0.6 is 0 Å². The summed E-state index contributed by atoms with van der Waals surface area (Å²) in [6.45, 7) is 1.97. The van der Waals surface area contributed by atoms with Crippen LogP contribution in [0.15, 0.2) is 17.5 Å². The van der Waals surface area contributed by atoms with Crippen LogP contribution in [0.25, 0.3) is 10.4 Å². The molecule has 5 heteroatoms. The minimum atomic E-state index is 0.374. The van der Waals surface area contributed by atoms with E-state index in [1.807, 2.05) is 6.92 Å². The summed E-state index contributed by atoms with van der Waals surface area (Å²) in [5.41, 5.74) is 8.96. The molecule has 0 N–H and O–H groups in total. The molecule has 1 heterocycles. The second-order valence-corrected chi connectivity index (χ2v) is 1.91. The van der Waals surface area contributed by atoms with Crippen molar-refractivity contribution in [1.29, 1.82) is 0 Å². The molecule has 11 heavy (non-hydrogen) atoms. The molecule has 0 bridgehead atoms. The molecule has 5 nitrogen and oxygen atoms in total. The predicted octanol–water partition coefficient (Wildman–Crippen LogP) is 1.98. The first-order valence-electron chi connectivity index (χ1n) is 3.23. The van der Waals surface area contributed by atoms with E-state index in [2.05, 4.69) is 20.0 Å². The van der Waals surface area contributed by atoms with Crippen molar-refractivity contribution in [2.45, 2.75) is 13.3 Å². The normalized spacial score (nSPS) is 8.82. The van der Waals surface area contributed by atoms with E-state index in [1.165, 1.54) is 6.33 Å². The summed E-state index contributed by atoms with van der Waals surface area (Å²) in [6, 6.07) is 1.67. The second-order valence-electron chi connectivity index (χ2n) is 1.91. The predicted molar refractivity (Wildman–Crippen MR) is 40.2 cm³/mol. The van der Waals surface area contributed by atoms with Crippen LogP contribution in [0.1, 0.15) is 12.6 Å². The number of nitrogens with zero attached hydrogens (tertiary/aromatic N) is 5. The van der Waals surface area contributed by atoms with Gasteiger partial charge in [-0.3, -0.25) is 0 Å². The van der Waals surface area contributed by atoms with Crippen LogP contribution in [-0.4, -0.2) is 9.97 Å². The Labute approximate surface area is 63.7 Å². The number of aryl methyl sites for hydroxylation is 1. The van der Waals surface area contributed by atoms with Gasteiger partial charge >= 0.3 is 0 Å². The van der Waals surface area contributed by atoms with Gasteiger partial charge in [0, 0.05) is 10.6 Å². The minimum absolute atomic E-state index is 0.374. The minimum Gasteiger partial charge on any atom is -0.241 e. The molecule has 0 saturated heterocycles. The zero-order valence-electron chi connectivity index (χ0n) is 6.10. The molecular formula is C6H7N5. The zero-order chi connectivity index (χ0) is 8.10. The number of hydrogen-bond donors (Lipinski definition) is 0. The van der Waals surface area contributed by atoms with Gasteiger partial charge in [0.05, 0.1) is 0 Å². The molecular weight excluding hydrogens is 142 g/mol.